The van der Waals surface area contributed by atoms with E-state index in [-0.39, 0.29) is 12.2 Å². The monoisotopic (exact) mass is 254 g/mol. The van der Waals surface area contributed by atoms with Crippen LogP contribution in [0.3, 0.4) is 0 Å². The second-order valence-electron chi connectivity index (χ2n) is 5.69. The molecule has 1 saturated heterocycles. The predicted octanol–water partition coefficient (Wildman–Crippen LogP) is 2.59. The fraction of sp³-hybridized carbons (Fsp3) is 0.643. The molecular weight excluding hydrogens is 232 g/mol. The highest BCUT2D eigenvalue weighted by Crippen LogP contribution is 2.29. The van der Waals surface area contributed by atoms with Crippen molar-refractivity contribution in [3.63, 3.8) is 0 Å². The highest BCUT2D eigenvalue weighted by molar-refractivity contribution is 5.82. The van der Waals surface area contributed by atoms with Crippen LogP contribution in [0.4, 0.5) is 0 Å². The van der Waals surface area contributed by atoms with E-state index in [9.17, 15) is 4.79 Å². The van der Waals surface area contributed by atoms with Crippen LogP contribution in [0.1, 0.15) is 34.6 Å². The standard InChI is InChI=1S/C14H22O4/c1-7-10-11(17-14(5,6)16-10)8-9-12(15)18-13(2,3)4/h7-11H,1H2,2-6H3/b9-8+/t10-,11+/m0/s1. The summed E-state index contributed by atoms with van der Waals surface area (Å²) in [4.78, 5) is 11.5. The van der Waals surface area contributed by atoms with Crippen molar-refractivity contribution in [2.24, 2.45) is 0 Å². The van der Waals surface area contributed by atoms with E-state index in [1.165, 1.54) is 6.08 Å². The molecule has 4 nitrogen and oxygen atoms in total. The van der Waals surface area contributed by atoms with Gasteiger partial charge in [-0.05, 0) is 40.7 Å². The molecule has 18 heavy (non-hydrogen) atoms. The van der Waals surface area contributed by atoms with E-state index < -0.39 is 17.4 Å². The first kappa shape index (κ1) is 14.9. The van der Waals surface area contributed by atoms with Crippen molar-refractivity contribution < 1.29 is 19.0 Å². The van der Waals surface area contributed by atoms with Crippen LogP contribution in [-0.2, 0) is 19.0 Å². The molecule has 1 fully saturated rings. The number of ether oxygens (including phenoxy) is 3. The van der Waals surface area contributed by atoms with Crippen molar-refractivity contribution in [2.45, 2.75) is 58.2 Å². The topological polar surface area (TPSA) is 44.8 Å². The first-order valence-corrected chi connectivity index (χ1v) is 6.02. The van der Waals surface area contributed by atoms with Gasteiger partial charge in [0.2, 0.25) is 0 Å². The number of hydrogen-bond donors (Lipinski definition) is 0. The van der Waals surface area contributed by atoms with Gasteiger partial charge in [-0.1, -0.05) is 6.08 Å². The van der Waals surface area contributed by atoms with Crippen LogP contribution in [0, 0.1) is 0 Å². The molecule has 0 aromatic rings. The van der Waals surface area contributed by atoms with Gasteiger partial charge in [0, 0.05) is 6.08 Å². The summed E-state index contributed by atoms with van der Waals surface area (Å²) in [5.41, 5.74) is -0.494. The Morgan fingerprint density at radius 1 is 1.28 bits per heavy atom. The van der Waals surface area contributed by atoms with Gasteiger partial charge in [-0.2, -0.15) is 0 Å². The average molecular weight is 254 g/mol. The maximum atomic E-state index is 11.5. The van der Waals surface area contributed by atoms with Gasteiger partial charge in [0.25, 0.3) is 0 Å². The third kappa shape index (κ3) is 4.63. The molecule has 0 unspecified atom stereocenters. The Morgan fingerprint density at radius 3 is 2.33 bits per heavy atom. The molecule has 0 aliphatic carbocycles. The number of hydrogen-bond acceptors (Lipinski definition) is 4. The number of esters is 1. The van der Waals surface area contributed by atoms with Crippen molar-refractivity contribution >= 4 is 5.97 Å². The van der Waals surface area contributed by atoms with Crippen LogP contribution >= 0.6 is 0 Å². The summed E-state index contributed by atoms with van der Waals surface area (Å²) in [6.07, 6.45) is 4.12. The molecule has 0 radical (unpaired) electrons. The highest BCUT2D eigenvalue weighted by Gasteiger charge is 2.38. The van der Waals surface area contributed by atoms with Crippen LogP contribution in [0.15, 0.2) is 24.8 Å². The van der Waals surface area contributed by atoms with Gasteiger partial charge in [-0.3, -0.25) is 0 Å². The quantitative estimate of drug-likeness (QED) is 0.441. The average Bonchev–Trinajstić information content (AvgIpc) is 2.47. The number of rotatable bonds is 3. The highest BCUT2D eigenvalue weighted by atomic mass is 16.7. The first-order valence-electron chi connectivity index (χ1n) is 6.02. The molecule has 0 aromatic carbocycles. The number of carbonyl (C=O) groups is 1. The normalized spacial score (nSPS) is 27.4. The molecule has 0 spiro atoms. The molecule has 0 aromatic heterocycles. The van der Waals surface area contributed by atoms with Crippen molar-refractivity contribution in [2.75, 3.05) is 0 Å². The van der Waals surface area contributed by atoms with E-state index in [1.807, 2.05) is 34.6 Å². The summed E-state index contributed by atoms with van der Waals surface area (Å²) in [7, 11) is 0. The minimum absolute atomic E-state index is 0.251. The lowest BCUT2D eigenvalue weighted by Gasteiger charge is -2.18. The molecule has 0 saturated carbocycles. The lowest BCUT2D eigenvalue weighted by atomic mass is 10.2. The second-order valence-corrected chi connectivity index (χ2v) is 5.69. The van der Waals surface area contributed by atoms with Crippen LogP contribution in [0.2, 0.25) is 0 Å². The third-order valence-corrected chi connectivity index (χ3v) is 2.22. The summed E-state index contributed by atoms with van der Waals surface area (Å²) < 4.78 is 16.4. The lowest BCUT2D eigenvalue weighted by Crippen LogP contribution is -2.23. The van der Waals surface area contributed by atoms with E-state index in [0.29, 0.717) is 0 Å². The Balaban J connectivity index is 2.61. The summed E-state index contributed by atoms with van der Waals surface area (Å²) in [5.74, 6) is -1.06. The fourth-order valence-electron chi connectivity index (χ4n) is 1.66. The minimum atomic E-state index is -0.665. The Kier molecular flexibility index (Phi) is 4.35. The zero-order valence-corrected chi connectivity index (χ0v) is 11.7. The summed E-state index contributed by atoms with van der Waals surface area (Å²) in [5, 5.41) is 0. The molecule has 102 valence electrons. The Hall–Kier alpha value is -1.13. The van der Waals surface area contributed by atoms with Gasteiger partial charge >= 0.3 is 5.97 Å². The smallest absolute Gasteiger partial charge is 0.331 e. The zero-order chi connectivity index (χ0) is 14.0. The van der Waals surface area contributed by atoms with Gasteiger partial charge in [-0.25, -0.2) is 4.79 Å². The van der Waals surface area contributed by atoms with Crippen LogP contribution in [-0.4, -0.2) is 29.6 Å². The maximum Gasteiger partial charge on any atom is 0.331 e. The maximum absolute atomic E-state index is 11.5. The van der Waals surface area contributed by atoms with Crippen LogP contribution in [0.5, 0.6) is 0 Å². The fourth-order valence-corrected chi connectivity index (χ4v) is 1.66. The molecule has 0 N–H and O–H groups in total. The Bertz CT molecular complexity index is 349. The van der Waals surface area contributed by atoms with Crippen molar-refractivity contribution in [3.05, 3.63) is 24.8 Å². The van der Waals surface area contributed by atoms with E-state index in [2.05, 4.69) is 6.58 Å². The van der Waals surface area contributed by atoms with Gasteiger partial charge in [-0.15, -0.1) is 6.58 Å². The molecule has 1 heterocycles. The van der Waals surface area contributed by atoms with Crippen molar-refractivity contribution in [3.8, 4) is 0 Å². The summed E-state index contributed by atoms with van der Waals surface area (Å²) in [6.45, 7) is 12.8. The van der Waals surface area contributed by atoms with Gasteiger partial charge in [0.1, 0.15) is 17.8 Å². The van der Waals surface area contributed by atoms with Gasteiger partial charge in [0.15, 0.2) is 5.79 Å². The summed E-state index contributed by atoms with van der Waals surface area (Å²) in [6, 6.07) is 0. The molecular formula is C14H22O4. The molecule has 2 atom stereocenters. The van der Waals surface area contributed by atoms with E-state index >= 15 is 0 Å². The van der Waals surface area contributed by atoms with E-state index in [1.54, 1.807) is 12.2 Å². The molecule has 0 amide bonds. The lowest BCUT2D eigenvalue weighted by molar-refractivity contribution is -0.149. The van der Waals surface area contributed by atoms with Crippen molar-refractivity contribution in [1.29, 1.82) is 0 Å². The predicted molar refractivity (Wildman–Crippen MR) is 69.0 cm³/mol. The molecule has 1 aliphatic heterocycles. The molecule has 4 heteroatoms. The van der Waals surface area contributed by atoms with Gasteiger partial charge in [0.05, 0.1) is 0 Å². The van der Waals surface area contributed by atoms with E-state index in [4.69, 9.17) is 14.2 Å². The van der Waals surface area contributed by atoms with Crippen molar-refractivity contribution in [1.82, 2.24) is 0 Å². The Morgan fingerprint density at radius 2 is 1.83 bits per heavy atom. The number of carbonyl (C=O) groups excluding carboxylic acids is 1. The van der Waals surface area contributed by atoms with Crippen LogP contribution < -0.4 is 0 Å². The molecule has 1 aliphatic rings. The largest absolute Gasteiger partial charge is 0.457 e. The zero-order valence-electron chi connectivity index (χ0n) is 11.7. The second kappa shape index (κ2) is 5.24. The van der Waals surface area contributed by atoms with Gasteiger partial charge < -0.3 is 14.2 Å². The third-order valence-electron chi connectivity index (χ3n) is 2.22. The first-order chi connectivity index (χ1) is 8.13. The summed E-state index contributed by atoms with van der Waals surface area (Å²) >= 11 is 0. The minimum Gasteiger partial charge on any atom is -0.457 e. The van der Waals surface area contributed by atoms with E-state index in [0.717, 1.165) is 0 Å². The molecule has 1 rings (SSSR count). The SMILES string of the molecule is C=C[C@@H]1OC(C)(C)O[C@@H]1/C=C/C(=O)OC(C)(C)C. The van der Waals surface area contributed by atoms with Crippen LogP contribution in [0.25, 0.3) is 0 Å². The Labute approximate surface area is 109 Å². The molecule has 0 bridgehead atoms.